The Kier molecular flexibility index (Phi) is 2.84. The van der Waals surface area contributed by atoms with Crippen molar-refractivity contribution in [3.8, 4) is 0 Å². The van der Waals surface area contributed by atoms with Gasteiger partial charge in [-0.25, -0.2) is 8.42 Å². The topological polar surface area (TPSA) is 46.6 Å². The maximum atomic E-state index is 12.8. The van der Waals surface area contributed by atoms with Gasteiger partial charge in [-0.05, 0) is 30.7 Å². The molecule has 0 saturated carbocycles. The molecule has 0 unspecified atom stereocenters. The molecule has 4 rings (SSSR count). The molecule has 0 amide bonds. The predicted octanol–water partition coefficient (Wildman–Crippen LogP) is 2.62. The van der Waals surface area contributed by atoms with E-state index in [4.69, 9.17) is 4.74 Å². The summed E-state index contributed by atoms with van der Waals surface area (Å²) in [6.45, 7) is 4.50. The summed E-state index contributed by atoms with van der Waals surface area (Å²) < 4.78 is 33.2. The SMILES string of the molecule is Cc1ccc(S(=O)(=O)N2C=C3[C@H](C)[C@@H]4C=C[C@@]3(CC2)O4)cc1. The van der Waals surface area contributed by atoms with Crippen LogP contribution < -0.4 is 0 Å². The number of benzene rings is 1. The maximum Gasteiger partial charge on any atom is 0.263 e. The largest absolute Gasteiger partial charge is 0.358 e. The van der Waals surface area contributed by atoms with Gasteiger partial charge in [-0.2, -0.15) is 0 Å². The average molecular weight is 317 g/mol. The molecule has 0 radical (unpaired) electrons. The molecule has 116 valence electrons. The molecular weight excluding hydrogens is 298 g/mol. The summed E-state index contributed by atoms with van der Waals surface area (Å²) in [5.74, 6) is 0.237. The first-order valence-electron chi connectivity index (χ1n) is 7.60. The Bertz CT molecular complexity index is 779. The molecular formula is C17H19NO3S. The second kappa shape index (κ2) is 4.46. The van der Waals surface area contributed by atoms with Crippen LogP contribution in [0.3, 0.4) is 0 Å². The molecule has 5 heteroatoms. The lowest BCUT2D eigenvalue weighted by Crippen LogP contribution is -2.40. The van der Waals surface area contributed by atoms with Crippen LogP contribution in [0.4, 0.5) is 0 Å². The highest BCUT2D eigenvalue weighted by atomic mass is 32.2. The maximum absolute atomic E-state index is 12.8. The first kappa shape index (κ1) is 14.0. The van der Waals surface area contributed by atoms with Gasteiger partial charge in [0.05, 0.1) is 11.0 Å². The van der Waals surface area contributed by atoms with Crippen LogP contribution in [-0.2, 0) is 14.8 Å². The normalized spacial score (nSPS) is 33.0. The van der Waals surface area contributed by atoms with Gasteiger partial charge in [-0.3, -0.25) is 4.31 Å². The van der Waals surface area contributed by atoms with Crippen LogP contribution in [-0.4, -0.2) is 31.0 Å². The van der Waals surface area contributed by atoms with Crippen LogP contribution in [0.2, 0.25) is 0 Å². The third-order valence-corrected chi connectivity index (χ3v) is 6.76. The molecule has 0 N–H and O–H groups in total. The number of sulfonamides is 1. The Labute approximate surface area is 131 Å². The molecule has 1 aromatic carbocycles. The van der Waals surface area contributed by atoms with E-state index in [2.05, 4.69) is 19.1 Å². The van der Waals surface area contributed by atoms with E-state index in [0.29, 0.717) is 17.9 Å². The van der Waals surface area contributed by atoms with E-state index < -0.39 is 10.0 Å². The van der Waals surface area contributed by atoms with Crippen LogP contribution in [0.25, 0.3) is 0 Å². The van der Waals surface area contributed by atoms with Crippen molar-refractivity contribution in [1.82, 2.24) is 4.31 Å². The Morgan fingerprint density at radius 3 is 2.73 bits per heavy atom. The fraction of sp³-hybridized carbons (Fsp3) is 0.412. The van der Waals surface area contributed by atoms with E-state index in [1.165, 1.54) is 4.31 Å². The molecule has 1 spiro atoms. The van der Waals surface area contributed by atoms with Crippen molar-refractivity contribution >= 4 is 10.0 Å². The quantitative estimate of drug-likeness (QED) is 0.788. The van der Waals surface area contributed by atoms with Crippen molar-refractivity contribution < 1.29 is 13.2 Å². The smallest absolute Gasteiger partial charge is 0.263 e. The summed E-state index contributed by atoms with van der Waals surface area (Å²) >= 11 is 0. The third kappa shape index (κ3) is 1.82. The van der Waals surface area contributed by atoms with E-state index in [0.717, 1.165) is 11.1 Å². The highest BCUT2D eigenvalue weighted by Gasteiger charge is 2.53. The number of ether oxygens (including phenoxy) is 1. The van der Waals surface area contributed by atoms with Crippen molar-refractivity contribution in [1.29, 1.82) is 0 Å². The highest BCUT2D eigenvalue weighted by molar-refractivity contribution is 7.89. The zero-order valence-corrected chi connectivity index (χ0v) is 13.5. The highest BCUT2D eigenvalue weighted by Crippen LogP contribution is 2.50. The summed E-state index contributed by atoms with van der Waals surface area (Å²) in [6.07, 6.45) is 6.77. The molecule has 1 aromatic rings. The molecule has 0 aromatic heterocycles. The second-order valence-electron chi connectivity index (χ2n) is 6.38. The van der Waals surface area contributed by atoms with E-state index in [-0.39, 0.29) is 17.6 Å². The van der Waals surface area contributed by atoms with E-state index >= 15 is 0 Å². The van der Waals surface area contributed by atoms with Gasteiger partial charge < -0.3 is 4.74 Å². The first-order chi connectivity index (χ1) is 10.4. The molecule has 4 nitrogen and oxygen atoms in total. The van der Waals surface area contributed by atoms with Gasteiger partial charge in [0, 0.05) is 25.1 Å². The van der Waals surface area contributed by atoms with Gasteiger partial charge in [0.1, 0.15) is 5.60 Å². The van der Waals surface area contributed by atoms with Crippen molar-refractivity contribution in [2.45, 2.75) is 36.9 Å². The number of aryl methyl sites for hydroxylation is 1. The van der Waals surface area contributed by atoms with Crippen molar-refractivity contribution in [2.24, 2.45) is 5.92 Å². The van der Waals surface area contributed by atoms with Crippen molar-refractivity contribution in [3.05, 3.63) is 53.8 Å². The second-order valence-corrected chi connectivity index (χ2v) is 8.27. The molecule has 3 heterocycles. The Morgan fingerprint density at radius 2 is 2.00 bits per heavy atom. The van der Waals surface area contributed by atoms with Crippen LogP contribution in [0.5, 0.6) is 0 Å². The van der Waals surface area contributed by atoms with E-state index in [1.807, 2.05) is 19.1 Å². The standard InChI is InChI=1S/C17H19NO3S/c1-12-3-5-14(6-4-12)22(19,20)18-10-9-17-8-7-16(21-17)13(2)15(17)11-18/h3-8,11,13,16H,9-10H2,1-2H3/t13-,16-,17-/m0/s1. The Hall–Kier alpha value is -1.59. The van der Waals surface area contributed by atoms with Gasteiger partial charge in [-0.1, -0.05) is 30.7 Å². The molecule has 3 atom stereocenters. The molecule has 22 heavy (non-hydrogen) atoms. The van der Waals surface area contributed by atoms with Gasteiger partial charge in [-0.15, -0.1) is 0 Å². The first-order valence-corrected chi connectivity index (χ1v) is 9.04. The van der Waals surface area contributed by atoms with E-state index in [9.17, 15) is 8.42 Å². The zero-order valence-electron chi connectivity index (χ0n) is 12.7. The lowest BCUT2D eigenvalue weighted by Gasteiger charge is -2.35. The minimum atomic E-state index is -3.48. The van der Waals surface area contributed by atoms with Gasteiger partial charge in [0.2, 0.25) is 0 Å². The van der Waals surface area contributed by atoms with Crippen LogP contribution >= 0.6 is 0 Å². The van der Waals surface area contributed by atoms with Gasteiger partial charge >= 0.3 is 0 Å². The lowest BCUT2D eigenvalue weighted by atomic mass is 9.79. The third-order valence-electron chi connectivity index (χ3n) is 4.99. The molecule has 1 saturated heterocycles. The van der Waals surface area contributed by atoms with Crippen molar-refractivity contribution in [2.75, 3.05) is 6.54 Å². The summed E-state index contributed by atoms with van der Waals surface area (Å²) in [7, 11) is -3.48. The minimum Gasteiger partial charge on any atom is -0.358 e. The summed E-state index contributed by atoms with van der Waals surface area (Å²) in [5.41, 5.74) is 1.78. The summed E-state index contributed by atoms with van der Waals surface area (Å²) in [5, 5.41) is 0. The van der Waals surface area contributed by atoms with Crippen LogP contribution in [0.15, 0.2) is 53.1 Å². The van der Waals surface area contributed by atoms with Crippen LogP contribution in [0.1, 0.15) is 18.9 Å². The number of nitrogens with zero attached hydrogens (tertiary/aromatic N) is 1. The monoisotopic (exact) mass is 317 g/mol. The molecule has 1 fully saturated rings. The lowest BCUT2D eigenvalue weighted by molar-refractivity contribution is 0.0291. The molecule has 2 bridgehead atoms. The minimum absolute atomic E-state index is 0.0910. The van der Waals surface area contributed by atoms with Crippen molar-refractivity contribution in [3.63, 3.8) is 0 Å². The van der Waals surface area contributed by atoms with Gasteiger partial charge in [0.25, 0.3) is 10.0 Å². The van der Waals surface area contributed by atoms with Gasteiger partial charge in [0.15, 0.2) is 0 Å². The summed E-state index contributed by atoms with van der Waals surface area (Å²) in [4.78, 5) is 0.346. The Morgan fingerprint density at radius 1 is 1.27 bits per heavy atom. The summed E-state index contributed by atoms with van der Waals surface area (Å²) in [6, 6.07) is 7.01. The average Bonchev–Trinajstić information content (AvgIpc) is 3.03. The molecule has 3 aliphatic rings. The number of fused-ring (bicyclic) bond motifs is 1. The fourth-order valence-corrected chi connectivity index (χ4v) is 4.95. The number of hydrogen-bond donors (Lipinski definition) is 0. The van der Waals surface area contributed by atoms with E-state index in [1.54, 1.807) is 18.3 Å². The zero-order chi connectivity index (χ0) is 15.5. The Balaban J connectivity index is 1.73. The number of rotatable bonds is 2. The molecule has 3 aliphatic heterocycles. The molecule has 0 aliphatic carbocycles. The number of hydrogen-bond acceptors (Lipinski definition) is 3. The fourth-order valence-electron chi connectivity index (χ4n) is 3.61. The predicted molar refractivity (Wildman–Crippen MR) is 83.7 cm³/mol. The van der Waals surface area contributed by atoms with Crippen LogP contribution in [0, 0.1) is 12.8 Å².